The smallest absolute Gasteiger partial charge is 0.0628 e. The van der Waals surface area contributed by atoms with E-state index in [1.807, 2.05) is 13.8 Å². The van der Waals surface area contributed by atoms with Gasteiger partial charge in [0.1, 0.15) is 0 Å². The van der Waals surface area contributed by atoms with Gasteiger partial charge in [-0.3, -0.25) is 0 Å². The summed E-state index contributed by atoms with van der Waals surface area (Å²) in [6, 6.07) is 0. The third-order valence-corrected chi connectivity index (χ3v) is 10.8. The van der Waals surface area contributed by atoms with Gasteiger partial charge in [0, 0.05) is 5.41 Å². The van der Waals surface area contributed by atoms with Crippen molar-refractivity contribution in [2.24, 2.45) is 39.9 Å². The fraction of sp³-hybridized carbons (Fsp3) is 0.929. The summed E-state index contributed by atoms with van der Waals surface area (Å²) in [5, 5.41) is 20.7. The summed E-state index contributed by atoms with van der Waals surface area (Å²) >= 11 is 0. The summed E-state index contributed by atoms with van der Waals surface area (Å²) in [5.74, 6) is 3.27. The summed E-state index contributed by atoms with van der Waals surface area (Å²) < 4.78 is 0. The summed E-state index contributed by atoms with van der Waals surface area (Å²) in [5.41, 5.74) is 1.98. The molecule has 3 saturated carbocycles. The molecule has 4 aliphatic carbocycles. The molecule has 2 N–H and O–H groups in total. The van der Waals surface area contributed by atoms with Crippen LogP contribution in [0.5, 0.6) is 0 Å². The minimum Gasteiger partial charge on any atom is -0.392 e. The number of fused-ring (bicyclic) bond motifs is 5. The number of hydrogen-bond acceptors (Lipinski definition) is 2. The Kier molecular flexibility index (Phi) is 5.80. The van der Waals surface area contributed by atoms with E-state index in [0.29, 0.717) is 16.7 Å². The monoisotopic (exact) mass is 416 g/mol. The highest BCUT2D eigenvalue weighted by molar-refractivity contribution is 5.29. The van der Waals surface area contributed by atoms with E-state index in [2.05, 4.69) is 33.8 Å². The van der Waals surface area contributed by atoms with Gasteiger partial charge in [-0.2, -0.15) is 0 Å². The molecule has 4 unspecified atom stereocenters. The number of aliphatic hydroxyl groups is 2. The minimum atomic E-state index is -0.512. The van der Waals surface area contributed by atoms with Gasteiger partial charge in [0.2, 0.25) is 0 Å². The molecule has 2 heteroatoms. The zero-order valence-electron chi connectivity index (χ0n) is 20.6. The fourth-order valence-corrected chi connectivity index (χ4v) is 8.69. The van der Waals surface area contributed by atoms with Crippen molar-refractivity contribution >= 4 is 0 Å². The Morgan fingerprint density at radius 3 is 2.33 bits per heavy atom. The van der Waals surface area contributed by atoms with Crippen LogP contribution in [0, 0.1) is 39.9 Å². The molecule has 0 radical (unpaired) electrons. The number of allylic oxidation sites excluding steroid dienone is 1. The second-order valence-electron chi connectivity index (χ2n) is 13.3. The first-order chi connectivity index (χ1) is 13.9. The number of rotatable bonds is 5. The summed E-state index contributed by atoms with van der Waals surface area (Å²) in [7, 11) is 0. The van der Waals surface area contributed by atoms with Crippen LogP contribution in [0.3, 0.4) is 0 Å². The molecular weight excluding hydrogens is 368 g/mol. The predicted octanol–water partition coefficient (Wildman–Crippen LogP) is 6.89. The van der Waals surface area contributed by atoms with Crippen molar-refractivity contribution in [2.45, 2.75) is 124 Å². The standard InChI is InChI=1S/C28H48O2/c1-25(2,30)16-8-7-9-19-10-11-22-23-13-12-20-21(14-15-24(29)26(20,3)4)28(23,6)18-17-27(19,22)5/h12,19,21-24,29-30H,7-11,13-18H2,1-6H3/t19?,21?,22?,23?,24-,27+,28-/m0/s1. The van der Waals surface area contributed by atoms with Gasteiger partial charge in [-0.1, -0.05) is 52.2 Å². The Morgan fingerprint density at radius 1 is 0.933 bits per heavy atom. The molecule has 3 fully saturated rings. The quantitative estimate of drug-likeness (QED) is 0.378. The van der Waals surface area contributed by atoms with Crippen LogP contribution < -0.4 is 0 Å². The van der Waals surface area contributed by atoms with E-state index in [0.717, 1.165) is 37.0 Å². The molecule has 2 nitrogen and oxygen atoms in total. The molecule has 0 aromatic heterocycles. The Labute approximate surface area is 185 Å². The highest BCUT2D eigenvalue weighted by atomic mass is 16.3. The molecule has 7 atom stereocenters. The van der Waals surface area contributed by atoms with E-state index in [-0.39, 0.29) is 11.5 Å². The van der Waals surface area contributed by atoms with Gasteiger partial charge in [-0.25, -0.2) is 0 Å². The Bertz CT molecular complexity index is 671. The molecular formula is C28H48O2. The van der Waals surface area contributed by atoms with Crippen LogP contribution in [0.2, 0.25) is 0 Å². The average molecular weight is 417 g/mol. The second kappa shape index (κ2) is 7.62. The normalized spacial score (nSPS) is 45.3. The van der Waals surface area contributed by atoms with Crippen molar-refractivity contribution < 1.29 is 10.2 Å². The number of aliphatic hydroxyl groups excluding tert-OH is 1. The molecule has 0 aliphatic heterocycles. The van der Waals surface area contributed by atoms with Gasteiger partial charge >= 0.3 is 0 Å². The lowest BCUT2D eigenvalue weighted by Crippen LogP contribution is -2.54. The van der Waals surface area contributed by atoms with Crippen LogP contribution in [0.1, 0.15) is 112 Å². The zero-order valence-corrected chi connectivity index (χ0v) is 20.6. The van der Waals surface area contributed by atoms with Crippen molar-refractivity contribution in [2.75, 3.05) is 0 Å². The Balaban J connectivity index is 1.49. The third-order valence-electron chi connectivity index (χ3n) is 10.8. The van der Waals surface area contributed by atoms with Gasteiger partial charge in [-0.15, -0.1) is 0 Å². The van der Waals surface area contributed by atoms with Crippen LogP contribution in [-0.2, 0) is 0 Å². The largest absolute Gasteiger partial charge is 0.392 e. The molecule has 0 bridgehead atoms. The Morgan fingerprint density at radius 2 is 1.63 bits per heavy atom. The van der Waals surface area contributed by atoms with Gasteiger partial charge in [0.05, 0.1) is 11.7 Å². The Hall–Kier alpha value is -0.340. The molecule has 0 spiro atoms. The van der Waals surface area contributed by atoms with E-state index >= 15 is 0 Å². The van der Waals surface area contributed by atoms with Gasteiger partial charge in [0.25, 0.3) is 0 Å². The molecule has 30 heavy (non-hydrogen) atoms. The maximum atomic E-state index is 10.7. The van der Waals surface area contributed by atoms with Crippen LogP contribution in [0.15, 0.2) is 11.6 Å². The molecule has 0 aromatic carbocycles. The van der Waals surface area contributed by atoms with Crippen molar-refractivity contribution in [3.8, 4) is 0 Å². The van der Waals surface area contributed by atoms with Crippen molar-refractivity contribution in [3.05, 3.63) is 11.6 Å². The molecule has 4 aliphatic rings. The van der Waals surface area contributed by atoms with Gasteiger partial charge in [-0.05, 0) is 106 Å². The lowest BCUT2D eigenvalue weighted by atomic mass is 9.43. The topological polar surface area (TPSA) is 40.5 Å². The maximum Gasteiger partial charge on any atom is 0.0628 e. The van der Waals surface area contributed by atoms with Gasteiger partial charge < -0.3 is 10.2 Å². The van der Waals surface area contributed by atoms with E-state index < -0.39 is 5.60 Å². The SMILES string of the molecule is CC(C)(O)CCCCC1CCC2C3CC=C4C(CC[C@H](O)C4(C)C)[C@]3(C)CC[C@]12C. The highest BCUT2D eigenvalue weighted by Gasteiger charge is 2.61. The lowest BCUT2D eigenvalue weighted by molar-refractivity contribution is -0.0918. The third kappa shape index (κ3) is 3.62. The van der Waals surface area contributed by atoms with E-state index in [1.54, 1.807) is 5.57 Å². The maximum absolute atomic E-state index is 10.7. The lowest BCUT2D eigenvalue weighted by Gasteiger charge is -2.61. The highest BCUT2D eigenvalue weighted by Crippen LogP contribution is 2.69. The van der Waals surface area contributed by atoms with Crippen molar-refractivity contribution in [1.29, 1.82) is 0 Å². The molecule has 0 saturated heterocycles. The van der Waals surface area contributed by atoms with Crippen LogP contribution >= 0.6 is 0 Å². The van der Waals surface area contributed by atoms with E-state index in [9.17, 15) is 10.2 Å². The summed E-state index contributed by atoms with van der Waals surface area (Å²) in [4.78, 5) is 0. The second-order valence-corrected chi connectivity index (χ2v) is 13.3. The van der Waals surface area contributed by atoms with E-state index in [1.165, 1.54) is 51.4 Å². The molecule has 172 valence electrons. The van der Waals surface area contributed by atoms with Crippen LogP contribution in [-0.4, -0.2) is 21.9 Å². The molecule has 0 aromatic rings. The number of hydrogen-bond donors (Lipinski definition) is 2. The average Bonchev–Trinajstić information content (AvgIpc) is 2.98. The van der Waals surface area contributed by atoms with Crippen LogP contribution in [0.4, 0.5) is 0 Å². The molecule has 0 heterocycles. The number of unbranched alkanes of at least 4 members (excludes halogenated alkanes) is 1. The molecule has 4 rings (SSSR count). The van der Waals surface area contributed by atoms with Crippen LogP contribution in [0.25, 0.3) is 0 Å². The first-order valence-electron chi connectivity index (χ1n) is 13.0. The summed E-state index contributed by atoms with van der Waals surface area (Å²) in [6.07, 6.45) is 16.2. The fourth-order valence-electron chi connectivity index (χ4n) is 8.69. The van der Waals surface area contributed by atoms with Crippen molar-refractivity contribution in [1.82, 2.24) is 0 Å². The van der Waals surface area contributed by atoms with E-state index in [4.69, 9.17) is 0 Å². The predicted molar refractivity (Wildman–Crippen MR) is 125 cm³/mol. The zero-order chi connectivity index (χ0) is 21.9. The minimum absolute atomic E-state index is 0.0453. The van der Waals surface area contributed by atoms with Crippen molar-refractivity contribution in [3.63, 3.8) is 0 Å². The molecule has 0 amide bonds. The first-order valence-corrected chi connectivity index (χ1v) is 13.0. The first kappa shape index (κ1) is 22.8. The van der Waals surface area contributed by atoms with Gasteiger partial charge in [0.15, 0.2) is 0 Å². The summed E-state index contributed by atoms with van der Waals surface area (Å²) in [6.45, 7) is 13.7.